The predicted octanol–water partition coefficient (Wildman–Crippen LogP) is 1.23. The quantitative estimate of drug-likeness (QED) is 0.565. The van der Waals surface area contributed by atoms with Crippen molar-refractivity contribution in [2.24, 2.45) is 0 Å². The number of aryl methyl sites for hydroxylation is 2. The van der Waals surface area contributed by atoms with E-state index in [0.717, 1.165) is 11.2 Å². The Morgan fingerprint density at radius 1 is 1.36 bits per heavy atom. The van der Waals surface area contributed by atoms with Crippen molar-refractivity contribution in [1.29, 1.82) is 0 Å². The predicted molar refractivity (Wildman–Crippen MR) is 39.1 cm³/mol. The van der Waals surface area contributed by atoms with Gasteiger partial charge in [0.1, 0.15) is 0 Å². The van der Waals surface area contributed by atoms with Crippen molar-refractivity contribution in [3.05, 3.63) is 17.7 Å². The Kier molecular flexibility index (Phi) is 1.15. The van der Waals surface area contributed by atoms with Crippen LogP contribution in [0.4, 0.5) is 0 Å². The fourth-order valence-electron chi connectivity index (χ4n) is 0.931. The first kappa shape index (κ1) is 6.27. The Balaban J connectivity index is 2.86. The number of hydrogen-bond donors (Lipinski definition) is 0. The lowest BCUT2D eigenvalue weighted by atomic mass is 10.4. The van der Waals surface area contributed by atoms with Gasteiger partial charge in [-0.25, -0.2) is 9.97 Å². The molecule has 4 heteroatoms. The smallest absolute Gasteiger partial charge is 0.221 e. The van der Waals surface area contributed by atoms with E-state index >= 15 is 0 Å². The molecule has 0 aliphatic carbocycles. The van der Waals surface area contributed by atoms with Crippen LogP contribution in [0.25, 0.3) is 11.2 Å². The molecule has 0 saturated heterocycles. The van der Waals surface area contributed by atoms with Gasteiger partial charge in [0, 0.05) is 6.20 Å². The highest BCUT2D eigenvalue weighted by Crippen LogP contribution is 2.11. The first-order chi connectivity index (χ1) is 5.27. The van der Waals surface area contributed by atoms with Gasteiger partial charge < -0.3 is 4.52 Å². The summed E-state index contributed by atoms with van der Waals surface area (Å²) < 4.78 is 4.89. The second kappa shape index (κ2) is 2.02. The van der Waals surface area contributed by atoms with Crippen LogP contribution in [-0.4, -0.2) is 15.1 Å². The molecule has 0 saturated carbocycles. The molecule has 0 spiro atoms. The van der Waals surface area contributed by atoms with Crippen molar-refractivity contribution in [2.75, 3.05) is 0 Å². The minimum atomic E-state index is 0.586. The molecule has 0 aliphatic rings. The zero-order valence-electron chi connectivity index (χ0n) is 6.33. The average Bonchev–Trinajstić information content (AvgIpc) is 2.32. The van der Waals surface area contributed by atoms with Crippen molar-refractivity contribution in [2.45, 2.75) is 13.8 Å². The van der Waals surface area contributed by atoms with Crippen molar-refractivity contribution in [1.82, 2.24) is 15.1 Å². The zero-order chi connectivity index (χ0) is 7.84. The van der Waals surface area contributed by atoms with E-state index in [1.54, 1.807) is 6.20 Å². The van der Waals surface area contributed by atoms with Gasteiger partial charge in [0.15, 0.2) is 11.3 Å². The number of nitrogens with zero attached hydrogens (tertiary/aromatic N) is 3. The van der Waals surface area contributed by atoms with Gasteiger partial charge in [-0.15, -0.1) is 0 Å². The number of hydrogen-bond acceptors (Lipinski definition) is 4. The normalized spacial score (nSPS) is 10.7. The van der Waals surface area contributed by atoms with Crippen LogP contribution in [0, 0.1) is 13.8 Å². The molecule has 0 N–H and O–H groups in total. The lowest BCUT2D eigenvalue weighted by molar-refractivity contribution is 0.404. The SMILES string of the molecule is Cc1cnc2c(C)onc2n1. The van der Waals surface area contributed by atoms with E-state index in [-0.39, 0.29) is 0 Å². The monoisotopic (exact) mass is 149 g/mol. The summed E-state index contributed by atoms with van der Waals surface area (Å²) in [6.07, 6.45) is 1.70. The first-order valence-electron chi connectivity index (χ1n) is 3.33. The molecule has 4 nitrogen and oxygen atoms in total. The molecule has 2 aromatic heterocycles. The zero-order valence-corrected chi connectivity index (χ0v) is 6.33. The molecule has 2 heterocycles. The van der Waals surface area contributed by atoms with Gasteiger partial charge >= 0.3 is 0 Å². The molecule has 0 aromatic carbocycles. The molecule has 0 bridgehead atoms. The third-order valence-corrected chi connectivity index (χ3v) is 1.48. The topological polar surface area (TPSA) is 51.8 Å². The molecular formula is C7H7N3O. The molecule has 0 aliphatic heterocycles. The van der Waals surface area contributed by atoms with E-state index in [0.29, 0.717) is 11.4 Å². The maximum atomic E-state index is 4.89. The molecule has 11 heavy (non-hydrogen) atoms. The molecule has 2 aromatic rings. The highest BCUT2D eigenvalue weighted by Gasteiger charge is 2.05. The van der Waals surface area contributed by atoms with Crippen molar-refractivity contribution >= 4 is 11.2 Å². The minimum absolute atomic E-state index is 0.586. The van der Waals surface area contributed by atoms with Gasteiger partial charge in [-0.3, -0.25) is 0 Å². The Morgan fingerprint density at radius 3 is 3.00 bits per heavy atom. The van der Waals surface area contributed by atoms with E-state index in [4.69, 9.17) is 4.52 Å². The van der Waals surface area contributed by atoms with Gasteiger partial charge in [-0.2, -0.15) is 0 Å². The van der Waals surface area contributed by atoms with Gasteiger partial charge in [-0.05, 0) is 13.8 Å². The summed E-state index contributed by atoms with van der Waals surface area (Å²) in [4.78, 5) is 8.25. The fourth-order valence-corrected chi connectivity index (χ4v) is 0.931. The lowest BCUT2D eigenvalue weighted by Crippen LogP contribution is -1.84. The third-order valence-electron chi connectivity index (χ3n) is 1.48. The van der Waals surface area contributed by atoms with Crippen molar-refractivity contribution < 1.29 is 4.52 Å². The van der Waals surface area contributed by atoms with E-state index in [2.05, 4.69) is 15.1 Å². The highest BCUT2D eigenvalue weighted by atomic mass is 16.5. The molecule has 2 rings (SSSR count). The molecule has 0 atom stereocenters. The van der Waals surface area contributed by atoms with Crippen LogP contribution in [0.3, 0.4) is 0 Å². The largest absolute Gasteiger partial charge is 0.357 e. The molecule has 0 amide bonds. The van der Waals surface area contributed by atoms with E-state index in [1.807, 2.05) is 13.8 Å². The summed E-state index contributed by atoms with van der Waals surface area (Å²) in [7, 11) is 0. The average molecular weight is 149 g/mol. The number of aromatic nitrogens is 3. The standard InChI is InChI=1S/C7H7N3O/c1-4-3-8-6-5(2)11-10-7(6)9-4/h3H,1-2H3. The maximum Gasteiger partial charge on any atom is 0.221 e. The van der Waals surface area contributed by atoms with Gasteiger partial charge in [0.25, 0.3) is 0 Å². The summed E-state index contributed by atoms with van der Waals surface area (Å²) in [6.45, 7) is 3.69. The lowest BCUT2D eigenvalue weighted by Gasteiger charge is -1.87. The van der Waals surface area contributed by atoms with Crippen LogP contribution in [0.15, 0.2) is 10.7 Å². The van der Waals surface area contributed by atoms with Gasteiger partial charge in [-0.1, -0.05) is 5.16 Å². The van der Waals surface area contributed by atoms with E-state index < -0.39 is 0 Å². The summed E-state index contributed by atoms with van der Waals surface area (Å²) in [5.41, 5.74) is 2.18. The molecule has 0 fully saturated rings. The molecule has 0 radical (unpaired) electrons. The summed E-state index contributed by atoms with van der Waals surface area (Å²) in [5.74, 6) is 0.715. The molecule has 0 unspecified atom stereocenters. The van der Waals surface area contributed by atoms with Crippen molar-refractivity contribution in [3.63, 3.8) is 0 Å². The van der Waals surface area contributed by atoms with Crippen LogP contribution in [-0.2, 0) is 0 Å². The minimum Gasteiger partial charge on any atom is -0.357 e. The van der Waals surface area contributed by atoms with Crippen LogP contribution >= 0.6 is 0 Å². The van der Waals surface area contributed by atoms with Gasteiger partial charge in [0.05, 0.1) is 5.69 Å². The Bertz CT molecular complexity index is 393. The first-order valence-corrected chi connectivity index (χ1v) is 3.33. The second-order valence-electron chi connectivity index (χ2n) is 2.42. The Morgan fingerprint density at radius 2 is 2.18 bits per heavy atom. The summed E-state index contributed by atoms with van der Waals surface area (Å²) in [5, 5.41) is 3.73. The third kappa shape index (κ3) is 0.869. The molecule has 56 valence electrons. The summed E-state index contributed by atoms with van der Waals surface area (Å²) >= 11 is 0. The second-order valence-corrected chi connectivity index (χ2v) is 2.42. The Labute approximate surface area is 63.2 Å². The van der Waals surface area contributed by atoms with Crippen LogP contribution in [0.2, 0.25) is 0 Å². The fraction of sp³-hybridized carbons (Fsp3) is 0.286. The van der Waals surface area contributed by atoms with Crippen LogP contribution < -0.4 is 0 Å². The van der Waals surface area contributed by atoms with E-state index in [9.17, 15) is 0 Å². The van der Waals surface area contributed by atoms with Crippen LogP contribution in [0.1, 0.15) is 11.5 Å². The maximum absolute atomic E-state index is 4.89. The Hall–Kier alpha value is -1.45. The van der Waals surface area contributed by atoms with Gasteiger partial charge in [0.2, 0.25) is 5.65 Å². The highest BCUT2D eigenvalue weighted by molar-refractivity contribution is 5.70. The van der Waals surface area contributed by atoms with Crippen molar-refractivity contribution in [3.8, 4) is 0 Å². The van der Waals surface area contributed by atoms with Crippen LogP contribution in [0.5, 0.6) is 0 Å². The van der Waals surface area contributed by atoms with E-state index in [1.165, 1.54) is 0 Å². The molecular weight excluding hydrogens is 142 g/mol. The number of rotatable bonds is 0. The summed E-state index contributed by atoms with van der Waals surface area (Å²) in [6, 6.07) is 0. The number of fused-ring (bicyclic) bond motifs is 1.